The van der Waals surface area contributed by atoms with Crippen LogP contribution in [0.5, 0.6) is 5.75 Å². The predicted molar refractivity (Wildman–Crippen MR) is 107 cm³/mol. The highest BCUT2D eigenvalue weighted by atomic mass is 32.2. The molecule has 0 saturated heterocycles. The van der Waals surface area contributed by atoms with E-state index in [1.807, 2.05) is 0 Å². The second kappa shape index (κ2) is 9.84. The van der Waals surface area contributed by atoms with Crippen molar-refractivity contribution in [1.29, 1.82) is 0 Å². The van der Waals surface area contributed by atoms with Crippen molar-refractivity contribution in [1.82, 2.24) is 4.83 Å². The van der Waals surface area contributed by atoms with Crippen LogP contribution in [-0.4, -0.2) is 26.2 Å². The average Bonchev–Trinajstić information content (AvgIpc) is 2.66. The predicted octanol–water partition coefficient (Wildman–Crippen LogP) is 3.78. The van der Waals surface area contributed by atoms with Crippen LogP contribution in [-0.2, 0) is 10.0 Å². The first kappa shape index (κ1) is 21.4. The molecule has 0 amide bonds. The van der Waals surface area contributed by atoms with Crippen molar-refractivity contribution in [2.75, 3.05) is 6.61 Å². The fourth-order valence-corrected chi connectivity index (χ4v) is 3.18. The second-order valence-corrected chi connectivity index (χ2v) is 7.84. The zero-order valence-corrected chi connectivity index (χ0v) is 16.6. The van der Waals surface area contributed by atoms with Crippen molar-refractivity contribution in [3.63, 3.8) is 0 Å². The Hall–Kier alpha value is -2.94. The third kappa shape index (κ3) is 6.05. The lowest BCUT2D eigenvalue weighted by atomic mass is 10.2. The second-order valence-electron chi connectivity index (χ2n) is 6.18. The van der Waals surface area contributed by atoms with E-state index in [2.05, 4.69) is 16.9 Å². The smallest absolute Gasteiger partial charge is 0.276 e. The van der Waals surface area contributed by atoms with E-state index < -0.39 is 14.9 Å². The first-order valence-corrected chi connectivity index (χ1v) is 10.3. The summed E-state index contributed by atoms with van der Waals surface area (Å²) in [6.07, 6.45) is 4.60. The van der Waals surface area contributed by atoms with Crippen LogP contribution >= 0.6 is 0 Å². The summed E-state index contributed by atoms with van der Waals surface area (Å²) in [5.41, 5.74) is 0.796. The van der Waals surface area contributed by atoms with Gasteiger partial charge in [-0.15, -0.1) is 0 Å². The van der Waals surface area contributed by atoms with E-state index in [1.54, 1.807) is 24.3 Å². The highest BCUT2D eigenvalue weighted by molar-refractivity contribution is 7.89. The lowest BCUT2D eigenvalue weighted by Crippen LogP contribution is -2.18. The maximum absolute atomic E-state index is 12.3. The molecule has 150 valence electrons. The Labute approximate surface area is 164 Å². The lowest BCUT2D eigenvalue weighted by Gasteiger charge is -2.06. The Morgan fingerprint density at radius 2 is 1.89 bits per heavy atom. The molecule has 0 bridgehead atoms. The summed E-state index contributed by atoms with van der Waals surface area (Å²) in [5.74, 6) is 0.737. The van der Waals surface area contributed by atoms with Crippen LogP contribution in [0.1, 0.15) is 37.3 Å². The van der Waals surface area contributed by atoms with E-state index in [9.17, 15) is 18.5 Å². The number of ether oxygens (including phenoxy) is 1. The van der Waals surface area contributed by atoms with E-state index in [0.29, 0.717) is 17.7 Å². The van der Waals surface area contributed by atoms with Crippen LogP contribution in [0.2, 0.25) is 0 Å². The average molecular weight is 405 g/mol. The molecule has 0 saturated carbocycles. The standard InChI is InChI=1S/C19H23N3O5S/c1-3-4-5-12-27-17-9-7-16(8-10-17)14-20-21-28(25,26)18-11-6-15(2)19(13-18)22(23)24/h6-11,13-14,21H,3-5,12H2,1-2H3/b20-14-. The summed E-state index contributed by atoms with van der Waals surface area (Å²) >= 11 is 0. The van der Waals surface area contributed by atoms with Crippen LogP contribution in [0, 0.1) is 17.0 Å². The number of nitro benzene ring substituents is 1. The van der Waals surface area contributed by atoms with Gasteiger partial charge in [0.15, 0.2) is 0 Å². The summed E-state index contributed by atoms with van der Waals surface area (Å²) in [5, 5.41) is 14.7. The molecule has 0 aromatic heterocycles. The number of aryl methyl sites for hydroxylation is 1. The molecule has 0 aliphatic carbocycles. The number of hydrogen-bond acceptors (Lipinski definition) is 6. The molecule has 8 nitrogen and oxygen atoms in total. The van der Waals surface area contributed by atoms with Gasteiger partial charge in [-0.2, -0.15) is 13.5 Å². The van der Waals surface area contributed by atoms with Crippen molar-refractivity contribution in [3.8, 4) is 5.75 Å². The van der Waals surface area contributed by atoms with Crippen molar-refractivity contribution in [2.24, 2.45) is 5.10 Å². The summed E-state index contributed by atoms with van der Waals surface area (Å²) in [4.78, 5) is 12.2. The normalized spacial score (nSPS) is 11.5. The van der Waals surface area contributed by atoms with Crippen LogP contribution < -0.4 is 9.57 Å². The topological polar surface area (TPSA) is 111 Å². The number of unbranched alkanes of at least 4 members (excludes halogenated alkanes) is 2. The van der Waals surface area contributed by atoms with Crippen LogP contribution in [0.15, 0.2) is 52.5 Å². The molecule has 28 heavy (non-hydrogen) atoms. The third-order valence-electron chi connectivity index (χ3n) is 3.97. The first-order valence-electron chi connectivity index (χ1n) is 8.86. The highest BCUT2D eigenvalue weighted by Crippen LogP contribution is 2.22. The number of rotatable bonds is 10. The molecule has 0 aliphatic heterocycles. The summed E-state index contributed by atoms with van der Waals surface area (Å²) < 4.78 is 30.1. The van der Waals surface area contributed by atoms with E-state index in [1.165, 1.54) is 25.3 Å². The number of benzene rings is 2. The highest BCUT2D eigenvalue weighted by Gasteiger charge is 2.19. The van der Waals surface area contributed by atoms with Gasteiger partial charge >= 0.3 is 0 Å². The van der Waals surface area contributed by atoms with Crippen molar-refractivity contribution in [2.45, 2.75) is 38.0 Å². The molecule has 0 fully saturated rings. The van der Waals surface area contributed by atoms with Crippen LogP contribution in [0.3, 0.4) is 0 Å². The van der Waals surface area contributed by atoms with Crippen LogP contribution in [0.4, 0.5) is 5.69 Å². The van der Waals surface area contributed by atoms with Gasteiger partial charge in [0.05, 0.1) is 22.6 Å². The number of hydrogen-bond donors (Lipinski definition) is 1. The van der Waals surface area contributed by atoms with Gasteiger partial charge in [0.2, 0.25) is 0 Å². The minimum absolute atomic E-state index is 0.224. The quantitative estimate of drug-likeness (QED) is 0.280. The maximum Gasteiger partial charge on any atom is 0.276 e. The molecule has 0 spiro atoms. The van der Waals surface area contributed by atoms with Crippen molar-refractivity contribution < 1.29 is 18.1 Å². The number of hydrazone groups is 1. The number of nitro groups is 1. The largest absolute Gasteiger partial charge is 0.494 e. The Bertz CT molecular complexity index is 941. The summed E-state index contributed by atoms with van der Waals surface area (Å²) in [6, 6.07) is 10.8. The van der Waals surface area contributed by atoms with Gasteiger partial charge in [-0.25, -0.2) is 4.83 Å². The lowest BCUT2D eigenvalue weighted by molar-refractivity contribution is -0.385. The number of sulfonamides is 1. The van der Waals surface area contributed by atoms with Gasteiger partial charge < -0.3 is 4.74 Å². The molecule has 0 atom stereocenters. The molecule has 0 heterocycles. The molecule has 9 heteroatoms. The van der Waals surface area contributed by atoms with Crippen molar-refractivity contribution >= 4 is 21.9 Å². The Kier molecular flexibility index (Phi) is 7.51. The van der Waals surface area contributed by atoms with E-state index >= 15 is 0 Å². The van der Waals surface area contributed by atoms with Gasteiger partial charge in [-0.3, -0.25) is 10.1 Å². The van der Waals surface area contributed by atoms with E-state index in [-0.39, 0.29) is 10.6 Å². The molecular formula is C19H23N3O5S. The van der Waals surface area contributed by atoms with Crippen LogP contribution in [0.25, 0.3) is 0 Å². The first-order chi connectivity index (χ1) is 13.3. The van der Waals surface area contributed by atoms with Gasteiger partial charge in [-0.1, -0.05) is 25.8 Å². The fourth-order valence-electron chi connectivity index (χ4n) is 2.37. The molecule has 2 rings (SSSR count). The van der Waals surface area contributed by atoms with Gasteiger partial charge in [0, 0.05) is 11.6 Å². The summed E-state index contributed by atoms with van der Waals surface area (Å²) in [6.45, 7) is 4.32. The fraction of sp³-hybridized carbons (Fsp3) is 0.316. The molecule has 0 radical (unpaired) electrons. The Morgan fingerprint density at radius 1 is 1.18 bits per heavy atom. The molecule has 2 aromatic carbocycles. The van der Waals surface area contributed by atoms with E-state index in [0.717, 1.165) is 31.1 Å². The zero-order valence-electron chi connectivity index (χ0n) is 15.8. The van der Waals surface area contributed by atoms with Crippen molar-refractivity contribution in [3.05, 3.63) is 63.7 Å². The minimum atomic E-state index is -4.01. The van der Waals surface area contributed by atoms with Gasteiger partial charge in [-0.05, 0) is 49.2 Å². The van der Waals surface area contributed by atoms with Gasteiger partial charge in [0.1, 0.15) is 5.75 Å². The number of nitrogens with zero attached hydrogens (tertiary/aromatic N) is 2. The molecule has 2 aromatic rings. The Morgan fingerprint density at radius 3 is 2.54 bits per heavy atom. The summed E-state index contributed by atoms with van der Waals surface area (Å²) in [7, 11) is -4.01. The maximum atomic E-state index is 12.3. The van der Waals surface area contributed by atoms with E-state index in [4.69, 9.17) is 4.74 Å². The SMILES string of the molecule is CCCCCOc1ccc(/C=N\NS(=O)(=O)c2ccc(C)c([N+](=O)[O-])c2)cc1. The molecule has 1 N–H and O–H groups in total. The molecule has 0 aliphatic rings. The number of nitrogens with one attached hydrogen (secondary N) is 1. The molecule has 0 unspecified atom stereocenters. The van der Waals surface area contributed by atoms with Gasteiger partial charge in [0.25, 0.3) is 15.7 Å². The molecular weight excluding hydrogens is 382 g/mol. The Balaban J connectivity index is 1.99. The minimum Gasteiger partial charge on any atom is -0.494 e. The monoisotopic (exact) mass is 405 g/mol. The zero-order chi connectivity index (χ0) is 20.6. The third-order valence-corrected chi connectivity index (χ3v) is 5.19.